The Morgan fingerprint density at radius 1 is 1.43 bits per heavy atom. The standard InChI is InChI=1S/C12H16ClN/c1-8-7-10(5-6-11(8)13)12(14)9-3-2-4-9/h5-7,9,12H,2-4,14H2,1H3/t12-/m1/s1. The van der Waals surface area contributed by atoms with Crippen molar-refractivity contribution in [2.75, 3.05) is 0 Å². The van der Waals surface area contributed by atoms with Crippen LogP contribution in [0.25, 0.3) is 0 Å². The van der Waals surface area contributed by atoms with Crippen LogP contribution in [0.5, 0.6) is 0 Å². The predicted molar refractivity (Wildman–Crippen MR) is 60.5 cm³/mol. The Morgan fingerprint density at radius 3 is 2.64 bits per heavy atom. The molecule has 1 saturated carbocycles. The number of halogens is 1. The van der Waals surface area contributed by atoms with Crippen molar-refractivity contribution in [1.82, 2.24) is 0 Å². The van der Waals surface area contributed by atoms with E-state index in [1.54, 1.807) is 0 Å². The van der Waals surface area contributed by atoms with Gasteiger partial charge < -0.3 is 5.73 Å². The van der Waals surface area contributed by atoms with Crippen molar-refractivity contribution in [2.24, 2.45) is 11.7 Å². The number of hydrogen-bond donors (Lipinski definition) is 1. The Morgan fingerprint density at radius 2 is 2.14 bits per heavy atom. The predicted octanol–water partition coefficient (Wildman–Crippen LogP) is 3.45. The highest BCUT2D eigenvalue weighted by molar-refractivity contribution is 6.31. The van der Waals surface area contributed by atoms with Crippen LogP contribution in [0, 0.1) is 12.8 Å². The summed E-state index contributed by atoms with van der Waals surface area (Å²) >= 11 is 5.97. The fraction of sp³-hybridized carbons (Fsp3) is 0.500. The lowest BCUT2D eigenvalue weighted by Gasteiger charge is -2.31. The third kappa shape index (κ3) is 1.79. The Labute approximate surface area is 90.3 Å². The highest BCUT2D eigenvalue weighted by atomic mass is 35.5. The molecule has 0 bridgehead atoms. The molecule has 0 spiro atoms. The number of benzene rings is 1. The molecule has 1 nitrogen and oxygen atoms in total. The van der Waals surface area contributed by atoms with Gasteiger partial charge in [0.1, 0.15) is 0 Å². The lowest BCUT2D eigenvalue weighted by Crippen LogP contribution is -2.26. The largest absolute Gasteiger partial charge is 0.324 e. The third-order valence-corrected chi connectivity index (χ3v) is 3.65. The molecule has 0 amide bonds. The molecule has 0 heterocycles. The van der Waals surface area contributed by atoms with Crippen LogP contribution >= 0.6 is 11.6 Å². The van der Waals surface area contributed by atoms with Crippen molar-refractivity contribution in [3.8, 4) is 0 Å². The fourth-order valence-electron chi connectivity index (χ4n) is 1.95. The zero-order valence-electron chi connectivity index (χ0n) is 8.46. The van der Waals surface area contributed by atoms with Gasteiger partial charge in [-0.1, -0.05) is 30.2 Å². The Balaban J connectivity index is 2.18. The van der Waals surface area contributed by atoms with Gasteiger partial charge >= 0.3 is 0 Å². The van der Waals surface area contributed by atoms with Gasteiger partial charge in [0.15, 0.2) is 0 Å². The summed E-state index contributed by atoms with van der Waals surface area (Å²) in [5, 5.41) is 0.828. The highest BCUT2D eigenvalue weighted by Crippen LogP contribution is 2.36. The van der Waals surface area contributed by atoms with Gasteiger partial charge in [-0.3, -0.25) is 0 Å². The molecule has 0 aliphatic heterocycles. The Bertz CT molecular complexity index is 331. The molecule has 2 heteroatoms. The van der Waals surface area contributed by atoms with Gasteiger partial charge in [-0.15, -0.1) is 0 Å². The van der Waals surface area contributed by atoms with Gasteiger partial charge in [-0.2, -0.15) is 0 Å². The number of aryl methyl sites for hydroxylation is 1. The van der Waals surface area contributed by atoms with E-state index in [0.29, 0.717) is 5.92 Å². The quantitative estimate of drug-likeness (QED) is 0.794. The number of hydrogen-bond acceptors (Lipinski definition) is 1. The van der Waals surface area contributed by atoms with E-state index in [1.807, 2.05) is 13.0 Å². The third-order valence-electron chi connectivity index (χ3n) is 3.22. The maximum atomic E-state index is 6.18. The smallest absolute Gasteiger partial charge is 0.0435 e. The summed E-state index contributed by atoms with van der Waals surface area (Å²) in [7, 11) is 0. The summed E-state index contributed by atoms with van der Waals surface area (Å²) < 4.78 is 0. The molecule has 0 radical (unpaired) electrons. The molecule has 1 aromatic carbocycles. The zero-order chi connectivity index (χ0) is 10.1. The molecular weight excluding hydrogens is 194 g/mol. The van der Waals surface area contributed by atoms with Crippen molar-refractivity contribution in [1.29, 1.82) is 0 Å². The van der Waals surface area contributed by atoms with Gasteiger partial charge in [-0.05, 0) is 42.9 Å². The maximum absolute atomic E-state index is 6.18. The first kappa shape index (κ1) is 10.0. The van der Waals surface area contributed by atoms with Crippen molar-refractivity contribution >= 4 is 11.6 Å². The average molecular weight is 210 g/mol. The van der Waals surface area contributed by atoms with Crippen LogP contribution in [-0.2, 0) is 0 Å². The molecule has 14 heavy (non-hydrogen) atoms. The Hall–Kier alpha value is -0.530. The normalized spacial score (nSPS) is 19.1. The van der Waals surface area contributed by atoms with E-state index >= 15 is 0 Å². The SMILES string of the molecule is Cc1cc([C@H](N)C2CCC2)ccc1Cl. The number of rotatable bonds is 2. The molecule has 0 aromatic heterocycles. The minimum absolute atomic E-state index is 0.208. The van der Waals surface area contributed by atoms with E-state index in [4.69, 9.17) is 17.3 Å². The molecule has 76 valence electrons. The van der Waals surface area contributed by atoms with E-state index in [2.05, 4.69) is 12.1 Å². The van der Waals surface area contributed by atoms with E-state index in [1.165, 1.54) is 24.8 Å². The van der Waals surface area contributed by atoms with Crippen LogP contribution in [0.15, 0.2) is 18.2 Å². The number of nitrogens with two attached hydrogens (primary N) is 1. The lowest BCUT2D eigenvalue weighted by atomic mass is 9.77. The summed E-state index contributed by atoms with van der Waals surface area (Å²) in [5.74, 6) is 0.690. The second-order valence-corrected chi connectivity index (χ2v) is 4.63. The molecule has 1 atom stereocenters. The molecule has 0 saturated heterocycles. The van der Waals surface area contributed by atoms with Crippen molar-refractivity contribution in [3.63, 3.8) is 0 Å². The monoisotopic (exact) mass is 209 g/mol. The van der Waals surface area contributed by atoms with Crippen LogP contribution in [0.4, 0.5) is 0 Å². The molecule has 2 N–H and O–H groups in total. The van der Waals surface area contributed by atoms with Gasteiger partial charge in [-0.25, -0.2) is 0 Å². The van der Waals surface area contributed by atoms with E-state index in [0.717, 1.165) is 10.6 Å². The minimum Gasteiger partial charge on any atom is -0.324 e. The van der Waals surface area contributed by atoms with Gasteiger partial charge in [0.2, 0.25) is 0 Å². The van der Waals surface area contributed by atoms with Crippen molar-refractivity contribution in [3.05, 3.63) is 34.3 Å². The van der Waals surface area contributed by atoms with Crippen molar-refractivity contribution < 1.29 is 0 Å². The first-order chi connectivity index (χ1) is 6.68. The molecular formula is C12H16ClN. The minimum atomic E-state index is 0.208. The van der Waals surface area contributed by atoms with Crippen LogP contribution < -0.4 is 5.73 Å². The highest BCUT2D eigenvalue weighted by Gasteiger charge is 2.25. The van der Waals surface area contributed by atoms with Crippen LogP contribution in [0.2, 0.25) is 5.02 Å². The first-order valence-electron chi connectivity index (χ1n) is 5.20. The average Bonchev–Trinajstić information content (AvgIpc) is 2.06. The summed E-state index contributed by atoms with van der Waals surface area (Å²) in [6.45, 7) is 2.03. The van der Waals surface area contributed by atoms with Gasteiger partial charge in [0.05, 0.1) is 0 Å². The first-order valence-corrected chi connectivity index (χ1v) is 5.58. The summed E-state index contributed by atoms with van der Waals surface area (Å²) in [5.41, 5.74) is 8.53. The van der Waals surface area contributed by atoms with Gasteiger partial charge in [0.25, 0.3) is 0 Å². The summed E-state index contributed by atoms with van der Waals surface area (Å²) in [6, 6.07) is 6.33. The second kappa shape index (κ2) is 3.92. The summed E-state index contributed by atoms with van der Waals surface area (Å²) in [4.78, 5) is 0. The lowest BCUT2D eigenvalue weighted by molar-refractivity contribution is 0.264. The molecule has 1 aliphatic carbocycles. The summed E-state index contributed by atoms with van der Waals surface area (Å²) in [6.07, 6.45) is 3.90. The topological polar surface area (TPSA) is 26.0 Å². The molecule has 1 aromatic rings. The molecule has 1 fully saturated rings. The zero-order valence-corrected chi connectivity index (χ0v) is 9.22. The van der Waals surface area contributed by atoms with E-state index in [9.17, 15) is 0 Å². The van der Waals surface area contributed by atoms with Crippen LogP contribution in [0.3, 0.4) is 0 Å². The Kier molecular flexibility index (Phi) is 2.80. The van der Waals surface area contributed by atoms with E-state index < -0.39 is 0 Å². The maximum Gasteiger partial charge on any atom is 0.0435 e. The van der Waals surface area contributed by atoms with Crippen LogP contribution in [-0.4, -0.2) is 0 Å². The second-order valence-electron chi connectivity index (χ2n) is 4.23. The van der Waals surface area contributed by atoms with Crippen molar-refractivity contribution in [2.45, 2.75) is 32.2 Å². The molecule has 1 aliphatic rings. The molecule has 0 unspecified atom stereocenters. The van der Waals surface area contributed by atoms with E-state index in [-0.39, 0.29) is 6.04 Å². The van der Waals surface area contributed by atoms with Crippen LogP contribution in [0.1, 0.15) is 36.4 Å². The van der Waals surface area contributed by atoms with Gasteiger partial charge in [0, 0.05) is 11.1 Å². The fourth-order valence-corrected chi connectivity index (χ4v) is 2.06. The molecule has 2 rings (SSSR count).